The van der Waals surface area contributed by atoms with Gasteiger partial charge in [0.2, 0.25) is 0 Å². The van der Waals surface area contributed by atoms with E-state index in [4.69, 9.17) is 4.74 Å². The summed E-state index contributed by atoms with van der Waals surface area (Å²) in [5, 5.41) is 21.0. The van der Waals surface area contributed by atoms with Crippen molar-refractivity contribution in [2.45, 2.75) is 52.2 Å². The number of tetrazole rings is 1. The molecule has 7 heteroatoms. The van der Waals surface area contributed by atoms with Crippen LogP contribution in [0.2, 0.25) is 0 Å². The molecule has 0 aromatic carbocycles. The first-order valence-electron chi connectivity index (χ1n) is 6.55. The minimum Gasteiger partial charge on any atom is -0.481 e. The number of carboxylic acid groups (broad SMARTS) is 1. The number of carboxylic acids is 1. The highest BCUT2D eigenvalue weighted by atomic mass is 16.5. The summed E-state index contributed by atoms with van der Waals surface area (Å²) in [5.41, 5.74) is -1.38. The Bertz CT molecular complexity index is 467. The molecule has 7 nitrogen and oxygen atoms in total. The maximum absolute atomic E-state index is 11.4. The number of hydrogen-bond donors (Lipinski definition) is 1. The summed E-state index contributed by atoms with van der Waals surface area (Å²) in [6.07, 6.45) is 2.33. The van der Waals surface area contributed by atoms with Crippen molar-refractivity contribution in [2.24, 2.45) is 5.41 Å². The number of carbonyl (C=O) groups is 1. The number of rotatable bonds is 5. The molecule has 2 heterocycles. The van der Waals surface area contributed by atoms with Crippen LogP contribution in [0.3, 0.4) is 0 Å². The second kappa shape index (κ2) is 4.88. The van der Waals surface area contributed by atoms with E-state index in [1.54, 1.807) is 11.6 Å². The third kappa shape index (κ3) is 2.47. The van der Waals surface area contributed by atoms with Gasteiger partial charge in [-0.2, -0.15) is 0 Å². The van der Waals surface area contributed by atoms with Gasteiger partial charge in [0.15, 0.2) is 5.82 Å². The number of aromatic nitrogens is 4. The Morgan fingerprint density at radius 3 is 2.89 bits per heavy atom. The number of aliphatic carboxylic acids is 1. The zero-order valence-corrected chi connectivity index (χ0v) is 11.6. The molecular formula is C12H20N4O3. The van der Waals surface area contributed by atoms with Crippen LogP contribution in [0.5, 0.6) is 0 Å². The summed E-state index contributed by atoms with van der Waals surface area (Å²) in [5.74, 6) is -0.222. The van der Waals surface area contributed by atoms with Crippen LogP contribution in [0.15, 0.2) is 0 Å². The second-order valence-corrected chi connectivity index (χ2v) is 5.56. The van der Waals surface area contributed by atoms with Crippen molar-refractivity contribution in [1.29, 1.82) is 0 Å². The van der Waals surface area contributed by atoms with Gasteiger partial charge in [0.05, 0.1) is 12.0 Å². The molecule has 0 bridgehead atoms. The van der Waals surface area contributed by atoms with Crippen molar-refractivity contribution in [2.75, 3.05) is 6.61 Å². The van der Waals surface area contributed by atoms with Gasteiger partial charge in [-0.05, 0) is 43.5 Å². The van der Waals surface area contributed by atoms with E-state index in [0.29, 0.717) is 18.9 Å². The standard InChI is InChI=1S/C12H20N4O3/c1-4-11(2,10(17)18)8-16-9(13-14-15-16)12(3)6-5-7-19-12/h4-8H2,1-3H3,(H,17,18). The minimum absolute atomic E-state index is 0.250. The molecule has 2 unspecified atom stereocenters. The van der Waals surface area contributed by atoms with Crippen LogP contribution in [0.4, 0.5) is 0 Å². The van der Waals surface area contributed by atoms with Crippen LogP contribution in [-0.2, 0) is 21.7 Å². The molecule has 0 radical (unpaired) electrons. The monoisotopic (exact) mass is 268 g/mol. The van der Waals surface area contributed by atoms with E-state index in [-0.39, 0.29) is 6.54 Å². The Kier molecular flexibility index (Phi) is 3.58. The number of nitrogens with zero attached hydrogens (tertiary/aromatic N) is 4. The molecule has 1 aliphatic heterocycles. The van der Waals surface area contributed by atoms with Gasteiger partial charge in [0.25, 0.3) is 0 Å². The van der Waals surface area contributed by atoms with Gasteiger partial charge in [0.1, 0.15) is 5.60 Å². The predicted octanol–water partition coefficient (Wildman–Crippen LogP) is 1.20. The number of ether oxygens (including phenoxy) is 1. The molecule has 1 aromatic rings. The van der Waals surface area contributed by atoms with Gasteiger partial charge >= 0.3 is 5.97 Å². The Morgan fingerprint density at radius 1 is 1.63 bits per heavy atom. The molecular weight excluding hydrogens is 248 g/mol. The molecule has 1 fully saturated rings. The van der Waals surface area contributed by atoms with Crippen molar-refractivity contribution >= 4 is 5.97 Å². The molecule has 19 heavy (non-hydrogen) atoms. The van der Waals surface area contributed by atoms with Crippen molar-refractivity contribution in [3.8, 4) is 0 Å². The average Bonchev–Trinajstić information content (AvgIpc) is 2.98. The van der Waals surface area contributed by atoms with Crippen LogP contribution in [-0.4, -0.2) is 37.9 Å². The summed E-state index contributed by atoms with van der Waals surface area (Å²) in [4.78, 5) is 11.4. The summed E-state index contributed by atoms with van der Waals surface area (Å²) in [6.45, 7) is 6.45. The van der Waals surface area contributed by atoms with Crippen molar-refractivity contribution in [3.05, 3.63) is 5.82 Å². The maximum Gasteiger partial charge on any atom is 0.311 e. The topological polar surface area (TPSA) is 90.1 Å². The lowest BCUT2D eigenvalue weighted by Crippen LogP contribution is -2.35. The normalized spacial score (nSPS) is 26.3. The van der Waals surface area contributed by atoms with Crippen LogP contribution in [0.25, 0.3) is 0 Å². The van der Waals surface area contributed by atoms with Crippen molar-refractivity contribution in [1.82, 2.24) is 20.2 Å². The third-order valence-electron chi connectivity index (χ3n) is 4.02. The van der Waals surface area contributed by atoms with Crippen molar-refractivity contribution in [3.63, 3.8) is 0 Å². The lowest BCUT2D eigenvalue weighted by atomic mass is 9.87. The quantitative estimate of drug-likeness (QED) is 0.863. The third-order valence-corrected chi connectivity index (χ3v) is 4.02. The molecule has 106 valence electrons. The smallest absolute Gasteiger partial charge is 0.311 e. The Hall–Kier alpha value is -1.50. The fourth-order valence-corrected chi connectivity index (χ4v) is 2.31. The van der Waals surface area contributed by atoms with Crippen LogP contribution in [0.1, 0.15) is 45.9 Å². The fourth-order valence-electron chi connectivity index (χ4n) is 2.31. The Labute approximate surface area is 111 Å². The van der Waals surface area contributed by atoms with Crippen LogP contribution >= 0.6 is 0 Å². The van der Waals surface area contributed by atoms with Gasteiger partial charge < -0.3 is 9.84 Å². The molecule has 1 N–H and O–H groups in total. The van der Waals surface area contributed by atoms with Gasteiger partial charge in [-0.1, -0.05) is 6.92 Å². The fraction of sp³-hybridized carbons (Fsp3) is 0.833. The summed E-state index contributed by atoms with van der Waals surface area (Å²) in [7, 11) is 0. The zero-order valence-electron chi connectivity index (χ0n) is 11.6. The zero-order chi connectivity index (χ0) is 14.1. The van der Waals surface area contributed by atoms with Crippen molar-refractivity contribution < 1.29 is 14.6 Å². The number of hydrogen-bond acceptors (Lipinski definition) is 5. The minimum atomic E-state index is -0.876. The molecule has 0 aliphatic carbocycles. The molecule has 1 aromatic heterocycles. The van der Waals surface area contributed by atoms with E-state index in [0.717, 1.165) is 12.8 Å². The molecule has 1 saturated heterocycles. The SMILES string of the molecule is CCC(C)(Cn1nnnc1C1(C)CCCO1)C(=O)O. The molecule has 0 saturated carbocycles. The highest BCUT2D eigenvalue weighted by Crippen LogP contribution is 2.35. The second-order valence-electron chi connectivity index (χ2n) is 5.56. The van der Waals surface area contributed by atoms with Crippen LogP contribution < -0.4 is 0 Å². The van der Waals surface area contributed by atoms with Gasteiger partial charge in [-0.25, -0.2) is 4.68 Å². The molecule has 0 spiro atoms. The molecule has 1 aliphatic rings. The van der Waals surface area contributed by atoms with E-state index in [1.807, 2.05) is 13.8 Å². The highest BCUT2D eigenvalue weighted by Gasteiger charge is 2.40. The highest BCUT2D eigenvalue weighted by molar-refractivity contribution is 5.73. The average molecular weight is 268 g/mol. The van der Waals surface area contributed by atoms with E-state index >= 15 is 0 Å². The van der Waals surface area contributed by atoms with E-state index < -0.39 is 17.0 Å². The van der Waals surface area contributed by atoms with Crippen LogP contribution in [0, 0.1) is 5.41 Å². The molecule has 2 rings (SSSR count). The summed E-state index contributed by atoms with van der Waals surface area (Å²) in [6, 6.07) is 0. The van der Waals surface area contributed by atoms with E-state index in [1.165, 1.54) is 0 Å². The first-order valence-corrected chi connectivity index (χ1v) is 6.55. The van der Waals surface area contributed by atoms with Gasteiger partial charge in [-0.15, -0.1) is 5.10 Å². The predicted molar refractivity (Wildman–Crippen MR) is 66.4 cm³/mol. The van der Waals surface area contributed by atoms with E-state index in [2.05, 4.69) is 15.5 Å². The summed E-state index contributed by atoms with van der Waals surface area (Å²) < 4.78 is 7.30. The summed E-state index contributed by atoms with van der Waals surface area (Å²) >= 11 is 0. The largest absolute Gasteiger partial charge is 0.481 e. The first-order chi connectivity index (χ1) is 8.91. The Morgan fingerprint density at radius 2 is 2.37 bits per heavy atom. The maximum atomic E-state index is 11.4. The first kappa shape index (κ1) is 13.9. The molecule has 2 atom stereocenters. The lowest BCUT2D eigenvalue weighted by Gasteiger charge is -2.26. The lowest BCUT2D eigenvalue weighted by molar-refractivity contribution is -0.149. The van der Waals surface area contributed by atoms with Gasteiger partial charge in [0, 0.05) is 6.61 Å². The Balaban J connectivity index is 2.27. The van der Waals surface area contributed by atoms with E-state index in [9.17, 15) is 9.90 Å². The van der Waals surface area contributed by atoms with Gasteiger partial charge in [-0.3, -0.25) is 4.79 Å². The molecule has 0 amide bonds.